The van der Waals surface area contributed by atoms with E-state index in [9.17, 15) is 9.59 Å². The van der Waals surface area contributed by atoms with Crippen molar-refractivity contribution in [1.29, 1.82) is 0 Å². The van der Waals surface area contributed by atoms with Crippen LogP contribution in [0.25, 0.3) is 12.2 Å². The quantitative estimate of drug-likeness (QED) is 0.724. The van der Waals surface area contributed by atoms with E-state index in [-0.39, 0.29) is 6.42 Å². The van der Waals surface area contributed by atoms with Gasteiger partial charge in [0.15, 0.2) is 0 Å². The maximum absolute atomic E-state index is 12.1. The molecule has 7 heteroatoms. The lowest BCUT2D eigenvalue weighted by molar-refractivity contribution is -0.137. The highest BCUT2D eigenvalue weighted by atomic mass is 16.6. The van der Waals surface area contributed by atoms with Crippen molar-refractivity contribution in [3.8, 4) is 0 Å². The average molecular weight is 359 g/mol. The topological polar surface area (TPSA) is 102 Å². The first kappa shape index (κ1) is 17.8. The minimum Gasteiger partial charge on any atom is -0.481 e. The molecule has 0 bridgehead atoms. The first-order valence-corrected chi connectivity index (χ1v) is 8.59. The lowest BCUT2D eigenvalue weighted by Crippen LogP contribution is -2.27. The summed E-state index contributed by atoms with van der Waals surface area (Å²) < 4.78 is 16.1. The van der Waals surface area contributed by atoms with Gasteiger partial charge in [-0.05, 0) is 12.8 Å². The molecule has 2 N–H and O–H groups in total. The molecule has 0 spiro atoms. The first-order valence-electron chi connectivity index (χ1n) is 8.59. The number of carbonyl (C=O) groups is 2. The molecule has 0 saturated carbocycles. The van der Waals surface area contributed by atoms with E-state index in [1.54, 1.807) is 25.1 Å². The van der Waals surface area contributed by atoms with Gasteiger partial charge in [-0.15, -0.1) is 0 Å². The van der Waals surface area contributed by atoms with E-state index in [0.717, 1.165) is 28.7 Å². The van der Waals surface area contributed by atoms with E-state index in [0.29, 0.717) is 25.8 Å². The van der Waals surface area contributed by atoms with Gasteiger partial charge in [0.1, 0.15) is 6.10 Å². The predicted molar refractivity (Wildman–Crippen MR) is 93.4 cm³/mol. The molecule has 0 radical (unpaired) electrons. The Kier molecular flexibility index (Phi) is 5.78. The van der Waals surface area contributed by atoms with Gasteiger partial charge in [0.05, 0.1) is 25.1 Å². The van der Waals surface area contributed by atoms with Crippen LogP contribution in [0.4, 0.5) is 4.79 Å². The van der Waals surface area contributed by atoms with Crippen molar-refractivity contribution >= 4 is 24.2 Å². The van der Waals surface area contributed by atoms with Crippen LogP contribution in [0.1, 0.15) is 54.0 Å². The number of aliphatic carboxylic acids is 1. The molecule has 7 nitrogen and oxygen atoms in total. The van der Waals surface area contributed by atoms with Gasteiger partial charge in [0, 0.05) is 41.6 Å². The Labute approximate surface area is 150 Å². The molecule has 3 rings (SSSR count). The smallest absolute Gasteiger partial charge is 0.407 e. The molecule has 0 saturated heterocycles. The Morgan fingerprint density at radius 3 is 2.69 bits per heavy atom. The fraction of sp³-hybridized carbons (Fsp3) is 0.368. The molecule has 1 aliphatic rings. The normalized spacial score (nSPS) is 16.7. The van der Waals surface area contributed by atoms with E-state index >= 15 is 0 Å². The number of carbonyl (C=O) groups excluding carboxylic acids is 1. The second kappa shape index (κ2) is 8.42. The number of fused-ring (bicyclic) bond motifs is 2. The number of unbranched alkanes of at least 4 members (excludes halogenated alkanes) is 2. The van der Waals surface area contributed by atoms with Gasteiger partial charge >= 0.3 is 12.1 Å². The van der Waals surface area contributed by atoms with Crippen molar-refractivity contribution in [3.63, 3.8) is 0 Å². The summed E-state index contributed by atoms with van der Waals surface area (Å²) in [5, 5.41) is 11.3. The van der Waals surface area contributed by atoms with Crippen molar-refractivity contribution in [2.24, 2.45) is 0 Å². The summed E-state index contributed by atoms with van der Waals surface area (Å²) in [6, 6.07) is 0. The summed E-state index contributed by atoms with van der Waals surface area (Å²) >= 11 is 0. The van der Waals surface area contributed by atoms with Crippen molar-refractivity contribution in [1.82, 2.24) is 5.32 Å². The minimum atomic E-state index is -0.801. The molecule has 2 aromatic rings. The molecular formula is C19H21NO6. The van der Waals surface area contributed by atoms with Gasteiger partial charge < -0.3 is 24.0 Å². The zero-order valence-electron chi connectivity index (χ0n) is 14.3. The van der Waals surface area contributed by atoms with Gasteiger partial charge in [0.2, 0.25) is 0 Å². The Morgan fingerprint density at radius 2 is 1.85 bits per heavy atom. The lowest BCUT2D eigenvalue weighted by Gasteiger charge is -2.19. The SMILES string of the molecule is O=C(O)CCCCCNC(=O)OC1Cc2cocc2/C=C\c2cocc21. The fourth-order valence-corrected chi connectivity index (χ4v) is 2.89. The summed E-state index contributed by atoms with van der Waals surface area (Å²) in [7, 11) is 0. The number of amides is 1. The monoisotopic (exact) mass is 359 g/mol. The third-order valence-corrected chi connectivity index (χ3v) is 4.28. The van der Waals surface area contributed by atoms with E-state index in [1.807, 2.05) is 12.2 Å². The third kappa shape index (κ3) is 4.56. The van der Waals surface area contributed by atoms with Crippen molar-refractivity contribution < 1.29 is 28.3 Å². The van der Waals surface area contributed by atoms with Crippen LogP contribution in [0, 0.1) is 0 Å². The molecule has 1 aliphatic carbocycles. The Hall–Kier alpha value is -2.96. The average Bonchev–Trinajstić information content (AvgIpc) is 3.22. The summed E-state index contributed by atoms with van der Waals surface area (Å²) in [6.45, 7) is 0.445. The molecule has 1 amide bonds. The van der Waals surface area contributed by atoms with Crippen LogP contribution in [0.2, 0.25) is 0 Å². The van der Waals surface area contributed by atoms with Crippen molar-refractivity contribution in [2.45, 2.75) is 38.2 Å². The Morgan fingerprint density at radius 1 is 1.08 bits per heavy atom. The van der Waals surface area contributed by atoms with Crippen molar-refractivity contribution in [3.05, 3.63) is 47.3 Å². The minimum absolute atomic E-state index is 0.149. The van der Waals surface area contributed by atoms with Crippen LogP contribution in [-0.4, -0.2) is 23.7 Å². The van der Waals surface area contributed by atoms with E-state index < -0.39 is 18.2 Å². The summed E-state index contributed by atoms with van der Waals surface area (Å²) in [4.78, 5) is 22.6. The van der Waals surface area contributed by atoms with E-state index in [4.69, 9.17) is 18.7 Å². The molecule has 1 unspecified atom stereocenters. The van der Waals surface area contributed by atoms with Gasteiger partial charge in [-0.2, -0.15) is 0 Å². The number of furan rings is 2. The molecule has 26 heavy (non-hydrogen) atoms. The van der Waals surface area contributed by atoms with E-state index in [1.165, 1.54) is 0 Å². The molecule has 0 aromatic carbocycles. The highest BCUT2D eigenvalue weighted by Gasteiger charge is 2.24. The standard InChI is InChI=1S/C19H21NO6/c21-18(22)4-2-1-3-7-20-19(23)26-17-8-15-11-24-9-13(15)5-6-14-10-25-12-16(14)17/h5-6,9-12,17H,1-4,7-8H2,(H,20,23)(H,21,22)/b6-5-. The maximum atomic E-state index is 12.1. The number of nitrogens with one attached hydrogen (secondary N) is 1. The number of ether oxygens (including phenoxy) is 1. The molecular weight excluding hydrogens is 338 g/mol. The third-order valence-electron chi connectivity index (χ3n) is 4.28. The summed E-state index contributed by atoms with van der Waals surface area (Å²) in [6.07, 6.45) is 12.1. The van der Waals surface area contributed by atoms with Gasteiger partial charge in [-0.3, -0.25) is 4.79 Å². The number of carboxylic acid groups (broad SMARTS) is 1. The van der Waals surface area contributed by atoms with Gasteiger partial charge in [-0.1, -0.05) is 18.6 Å². The van der Waals surface area contributed by atoms with Crippen LogP contribution in [0.3, 0.4) is 0 Å². The first-order chi connectivity index (χ1) is 12.6. The Bertz CT molecular complexity index is 788. The number of carboxylic acids is 1. The number of hydrogen-bond acceptors (Lipinski definition) is 5. The molecule has 138 valence electrons. The van der Waals surface area contributed by atoms with Crippen LogP contribution >= 0.6 is 0 Å². The Balaban J connectivity index is 1.55. The fourth-order valence-electron chi connectivity index (χ4n) is 2.89. The maximum Gasteiger partial charge on any atom is 0.407 e. The lowest BCUT2D eigenvalue weighted by atomic mass is 9.96. The number of alkyl carbamates (subject to hydrolysis) is 1. The zero-order chi connectivity index (χ0) is 18.4. The highest BCUT2D eigenvalue weighted by Crippen LogP contribution is 2.32. The molecule has 0 aliphatic heterocycles. The summed E-state index contributed by atoms with van der Waals surface area (Å²) in [5.74, 6) is -0.801. The second-order valence-electron chi connectivity index (χ2n) is 6.20. The summed E-state index contributed by atoms with van der Waals surface area (Å²) in [5.41, 5.74) is 3.58. The zero-order valence-corrected chi connectivity index (χ0v) is 14.3. The van der Waals surface area contributed by atoms with Gasteiger partial charge in [-0.25, -0.2) is 4.79 Å². The predicted octanol–water partition coefficient (Wildman–Crippen LogP) is 4.01. The molecule has 0 fully saturated rings. The molecule has 2 aromatic heterocycles. The van der Waals surface area contributed by atoms with Crippen LogP contribution in [0.15, 0.2) is 33.9 Å². The highest BCUT2D eigenvalue weighted by molar-refractivity contribution is 5.74. The molecule has 1 atom stereocenters. The van der Waals surface area contributed by atoms with E-state index in [2.05, 4.69) is 5.32 Å². The number of hydrogen-bond donors (Lipinski definition) is 2. The molecule has 2 heterocycles. The largest absolute Gasteiger partial charge is 0.481 e. The van der Waals surface area contributed by atoms with Crippen LogP contribution < -0.4 is 5.32 Å². The second-order valence-corrected chi connectivity index (χ2v) is 6.20. The van der Waals surface area contributed by atoms with Crippen LogP contribution in [0.5, 0.6) is 0 Å². The number of rotatable bonds is 7. The van der Waals surface area contributed by atoms with Crippen molar-refractivity contribution in [2.75, 3.05) is 6.54 Å². The van der Waals surface area contributed by atoms with Crippen LogP contribution in [-0.2, 0) is 16.0 Å². The van der Waals surface area contributed by atoms with Gasteiger partial charge in [0.25, 0.3) is 0 Å².